The first kappa shape index (κ1) is 20.7. The molecule has 0 aliphatic heterocycles. The highest BCUT2D eigenvalue weighted by atomic mass is 28.4. The van der Waals surface area contributed by atoms with Crippen LogP contribution in [0.25, 0.3) is 0 Å². The van der Waals surface area contributed by atoms with Gasteiger partial charge in [0.25, 0.3) is 0 Å². The molecule has 126 valence electrons. The maximum Gasteiger partial charge on any atom is 0.580 e. The van der Waals surface area contributed by atoms with Gasteiger partial charge in [-0.05, 0) is 5.70 Å². The van der Waals surface area contributed by atoms with Crippen molar-refractivity contribution in [2.75, 3.05) is 39.3 Å². The Labute approximate surface area is 131 Å². The van der Waals surface area contributed by atoms with E-state index in [4.69, 9.17) is 13.6 Å². The average molecular weight is 320 g/mol. The van der Waals surface area contributed by atoms with Crippen molar-refractivity contribution in [3.8, 4) is 0 Å². The van der Waals surface area contributed by atoms with Gasteiger partial charge < -0.3 is 0 Å². The second-order valence-electron chi connectivity index (χ2n) is 4.42. The normalized spacial score (nSPS) is 12.6. The highest BCUT2D eigenvalue weighted by Gasteiger charge is 2.45. The maximum absolute atomic E-state index is 6.08. The van der Waals surface area contributed by atoms with Crippen molar-refractivity contribution in [1.82, 2.24) is 15.2 Å². The molecular formula is C14H33N3O3Si. The van der Waals surface area contributed by atoms with Crippen LogP contribution in [-0.2, 0) is 13.6 Å². The van der Waals surface area contributed by atoms with Crippen LogP contribution in [0.1, 0.15) is 41.5 Å². The average Bonchev–Trinajstić information content (AvgIpc) is 2.54. The summed E-state index contributed by atoms with van der Waals surface area (Å²) in [6.45, 7) is 20.8. The Bertz CT molecular complexity index is 234. The summed E-state index contributed by atoms with van der Waals surface area (Å²) in [7, 11) is -3.04. The molecule has 6 nitrogen and oxygen atoms in total. The number of hydroxylamine groups is 6. The molecule has 0 aromatic carbocycles. The molecule has 0 aliphatic rings. The smallest absolute Gasteiger partial charge is 0.280 e. The lowest BCUT2D eigenvalue weighted by atomic mass is 10.6. The van der Waals surface area contributed by atoms with E-state index < -0.39 is 8.80 Å². The summed E-state index contributed by atoms with van der Waals surface area (Å²) < 4.78 is 18.2. The summed E-state index contributed by atoms with van der Waals surface area (Å²) in [5.41, 5.74) is 1.70. The van der Waals surface area contributed by atoms with Gasteiger partial charge in [0.2, 0.25) is 0 Å². The van der Waals surface area contributed by atoms with Gasteiger partial charge in [0.05, 0.1) is 0 Å². The van der Waals surface area contributed by atoms with Gasteiger partial charge >= 0.3 is 8.80 Å². The molecule has 0 bridgehead atoms. The molecule has 0 saturated heterocycles. The first-order chi connectivity index (χ1) is 10.0. The largest absolute Gasteiger partial charge is 0.580 e. The van der Waals surface area contributed by atoms with Crippen molar-refractivity contribution in [3.63, 3.8) is 0 Å². The van der Waals surface area contributed by atoms with E-state index in [1.807, 2.05) is 56.7 Å². The molecule has 0 amide bonds. The van der Waals surface area contributed by atoms with Gasteiger partial charge in [-0.1, -0.05) is 48.1 Å². The van der Waals surface area contributed by atoms with E-state index in [1.165, 1.54) is 0 Å². The Balaban J connectivity index is 5.19. The minimum Gasteiger partial charge on any atom is -0.280 e. The van der Waals surface area contributed by atoms with E-state index in [2.05, 4.69) is 6.58 Å². The fraction of sp³-hybridized carbons (Fsp3) is 0.857. The third-order valence-electron chi connectivity index (χ3n) is 3.14. The zero-order chi connectivity index (χ0) is 16.3. The molecule has 0 N–H and O–H groups in total. The topological polar surface area (TPSA) is 37.4 Å². The molecule has 0 spiro atoms. The fourth-order valence-corrected chi connectivity index (χ4v) is 3.94. The molecule has 0 saturated carbocycles. The molecule has 0 aromatic rings. The SMILES string of the molecule is C=C[Si](ON(CC)CC)(ON(CC)CC)ON(CC)CC. The van der Waals surface area contributed by atoms with Crippen molar-refractivity contribution < 1.29 is 13.6 Å². The highest BCUT2D eigenvalue weighted by molar-refractivity contribution is 6.65. The zero-order valence-electron chi connectivity index (χ0n) is 14.6. The van der Waals surface area contributed by atoms with E-state index in [1.54, 1.807) is 5.70 Å². The van der Waals surface area contributed by atoms with Crippen molar-refractivity contribution in [2.24, 2.45) is 0 Å². The van der Waals surface area contributed by atoms with Crippen LogP contribution in [0, 0.1) is 0 Å². The molecular weight excluding hydrogens is 286 g/mol. The van der Waals surface area contributed by atoms with Gasteiger partial charge in [-0.25, -0.2) is 0 Å². The molecule has 0 rings (SSSR count). The van der Waals surface area contributed by atoms with Crippen LogP contribution >= 0.6 is 0 Å². The molecule has 0 atom stereocenters. The predicted octanol–water partition coefficient (Wildman–Crippen LogP) is 2.47. The second kappa shape index (κ2) is 11.3. The van der Waals surface area contributed by atoms with Crippen LogP contribution in [0.2, 0.25) is 0 Å². The molecule has 0 heterocycles. The van der Waals surface area contributed by atoms with Gasteiger partial charge in [0.1, 0.15) is 0 Å². The molecule has 0 fully saturated rings. The maximum atomic E-state index is 6.08. The molecule has 0 unspecified atom stereocenters. The summed E-state index contributed by atoms with van der Waals surface area (Å²) in [5.74, 6) is 0. The Hall–Kier alpha value is -0.283. The third-order valence-corrected chi connectivity index (χ3v) is 5.17. The summed E-state index contributed by atoms with van der Waals surface area (Å²) in [6, 6.07) is 0. The molecule has 7 heteroatoms. The van der Waals surface area contributed by atoms with Crippen molar-refractivity contribution in [3.05, 3.63) is 12.3 Å². The lowest BCUT2D eigenvalue weighted by Gasteiger charge is -2.36. The lowest BCUT2D eigenvalue weighted by molar-refractivity contribution is -0.217. The Morgan fingerprint density at radius 1 is 0.667 bits per heavy atom. The summed E-state index contributed by atoms with van der Waals surface area (Å²) in [4.78, 5) is 0. The summed E-state index contributed by atoms with van der Waals surface area (Å²) in [5, 5.41) is 5.54. The minimum atomic E-state index is -3.04. The van der Waals surface area contributed by atoms with Crippen LogP contribution in [0.3, 0.4) is 0 Å². The standard InChI is InChI=1S/C14H33N3O3Si/c1-8-15(9-2)18-21(14-7,19-16(10-3)11-4)20-17(12-5)13-6/h14H,7-13H2,1-6H3. The Morgan fingerprint density at radius 2 is 0.905 bits per heavy atom. The quantitative estimate of drug-likeness (QED) is 0.383. The number of nitrogens with zero attached hydrogens (tertiary/aromatic N) is 3. The lowest BCUT2D eigenvalue weighted by Crippen LogP contribution is -2.56. The van der Waals surface area contributed by atoms with Gasteiger partial charge in [-0.3, -0.25) is 13.6 Å². The van der Waals surface area contributed by atoms with Gasteiger partial charge in [0, 0.05) is 39.3 Å². The first-order valence-corrected chi connectivity index (χ1v) is 9.80. The van der Waals surface area contributed by atoms with E-state index in [0.717, 1.165) is 39.3 Å². The van der Waals surface area contributed by atoms with Gasteiger partial charge in [-0.15, -0.1) is 0 Å². The summed E-state index contributed by atoms with van der Waals surface area (Å²) in [6.07, 6.45) is 0. The predicted molar refractivity (Wildman–Crippen MR) is 88.0 cm³/mol. The van der Waals surface area contributed by atoms with Crippen LogP contribution in [0.4, 0.5) is 0 Å². The fourth-order valence-electron chi connectivity index (χ4n) is 1.76. The Morgan fingerprint density at radius 3 is 1.05 bits per heavy atom. The molecule has 0 aliphatic carbocycles. The number of rotatable bonds is 13. The highest BCUT2D eigenvalue weighted by Crippen LogP contribution is 2.17. The van der Waals surface area contributed by atoms with Crippen molar-refractivity contribution in [1.29, 1.82) is 0 Å². The van der Waals surface area contributed by atoms with E-state index in [0.29, 0.717) is 0 Å². The molecule has 0 radical (unpaired) electrons. The van der Waals surface area contributed by atoms with E-state index in [9.17, 15) is 0 Å². The van der Waals surface area contributed by atoms with Crippen molar-refractivity contribution in [2.45, 2.75) is 41.5 Å². The van der Waals surface area contributed by atoms with Gasteiger partial charge in [0.15, 0.2) is 0 Å². The third kappa shape index (κ3) is 7.01. The van der Waals surface area contributed by atoms with Crippen LogP contribution in [0.15, 0.2) is 12.3 Å². The van der Waals surface area contributed by atoms with Crippen LogP contribution in [-0.4, -0.2) is 63.3 Å². The molecule has 21 heavy (non-hydrogen) atoms. The monoisotopic (exact) mass is 319 g/mol. The first-order valence-electron chi connectivity index (χ1n) is 8.00. The molecule has 0 aromatic heterocycles. The van der Waals surface area contributed by atoms with Crippen LogP contribution in [0.5, 0.6) is 0 Å². The number of hydrogen-bond acceptors (Lipinski definition) is 6. The van der Waals surface area contributed by atoms with Crippen molar-refractivity contribution >= 4 is 8.80 Å². The van der Waals surface area contributed by atoms with Crippen LogP contribution < -0.4 is 0 Å². The van der Waals surface area contributed by atoms with E-state index >= 15 is 0 Å². The van der Waals surface area contributed by atoms with E-state index in [-0.39, 0.29) is 0 Å². The second-order valence-corrected chi connectivity index (χ2v) is 6.59. The zero-order valence-corrected chi connectivity index (χ0v) is 15.6. The van der Waals surface area contributed by atoms with Gasteiger partial charge in [-0.2, -0.15) is 15.2 Å². The summed E-state index contributed by atoms with van der Waals surface area (Å²) >= 11 is 0. The minimum absolute atomic E-state index is 0.766. The Kier molecular flexibility index (Phi) is 11.2. The number of hydrogen-bond donors (Lipinski definition) is 0.